The molecule has 1 saturated heterocycles. The van der Waals surface area contributed by atoms with E-state index in [0.717, 1.165) is 37.3 Å². The SMILES string of the molecule is CCOc1ccccc1OC1CCCN(c2ncc(C(=O)NC3CCCC3C(=O)O)cn2)C1. The van der Waals surface area contributed by atoms with Crippen LogP contribution in [0.25, 0.3) is 0 Å². The van der Waals surface area contributed by atoms with E-state index in [1.165, 1.54) is 12.4 Å². The maximum absolute atomic E-state index is 12.6. The number of rotatable bonds is 8. The van der Waals surface area contributed by atoms with Crippen molar-refractivity contribution in [1.29, 1.82) is 0 Å². The Hall–Kier alpha value is -3.36. The van der Waals surface area contributed by atoms with Crippen molar-refractivity contribution in [2.45, 2.75) is 51.2 Å². The maximum atomic E-state index is 12.6. The van der Waals surface area contributed by atoms with Crippen LogP contribution in [0.3, 0.4) is 0 Å². The first kappa shape index (κ1) is 22.8. The number of hydrogen-bond acceptors (Lipinski definition) is 7. The van der Waals surface area contributed by atoms with Gasteiger partial charge in [0.1, 0.15) is 6.10 Å². The number of para-hydroxylation sites is 2. The summed E-state index contributed by atoms with van der Waals surface area (Å²) in [6.07, 6.45) is 6.88. The third-order valence-electron chi connectivity index (χ3n) is 6.15. The molecule has 0 radical (unpaired) electrons. The number of carboxylic acid groups (broad SMARTS) is 1. The number of aromatic nitrogens is 2. The minimum absolute atomic E-state index is 0.0257. The van der Waals surface area contributed by atoms with E-state index in [9.17, 15) is 14.7 Å². The van der Waals surface area contributed by atoms with Gasteiger partial charge in [0.2, 0.25) is 5.95 Å². The Morgan fingerprint density at radius 2 is 1.88 bits per heavy atom. The first-order valence-corrected chi connectivity index (χ1v) is 11.5. The molecule has 2 aliphatic rings. The second kappa shape index (κ2) is 10.5. The summed E-state index contributed by atoms with van der Waals surface area (Å²) >= 11 is 0. The molecule has 2 fully saturated rings. The fourth-order valence-corrected chi connectivity index (χ4v) is 4.50. The average Bonchev–Trinajstić information content (AvgIpc) is 3.29. The topological polar surface area (TPSA) is 114 Å². The number of amides is 1. The Balaban J connectivity index is 1.36. The van der Waals surface area contributed by atoms with E-state index in [-0.39, 0.29) is 18.1 Å². The zero-order valence-corrected chi connectivity index (χ0v) is 18.8. The number of ether oxygens (including phenoxy) is 2. The van der Waals surface area contributed by atoms with Gasteiger partial charge in [-0.1, -0.05) is 18.6 Å². The molecule has 1 saturated carbocycles. The molecule has 1 amide bonds. The number of nitrogens with zero attached hydrogens (tertiary/aromatic N) is 3. The Bertz CT molecular complexity index is 968. The summed E-state index contributed by atoms with van der Waals surface area (Å²) in [4.78, 5) is 34.8. The summed E-state index contributed by atoms with van der Waals surface area (Å²) in [5.41, 5.74) is 0.324. The molecule has 1 aromatic heterocycles. The number of carbonyl (C=O) groups excluding carboxylic acids is 1. The molecular formula is C24H30N4O5. The summed E-state index contributed by atoms with van der Waals surface area (Å²) in [5.74, 6) is 0.263. The Morgan fingerprint density at radius 1 is 1.12 bits per heavy atom. The lowest BCUT2D eigenvalue weighted by molar-refractivity contribution is -0.142. The molecule has 33 heavy (non-hydrogen) atoms. The molecule has 176 valence electrons. The van der Waals surface area contributed by atoms with Crippen molar-refractivity contribution in [3.05, 3.63) is 42.2 Å². The van der Waals surface area contributed by atoms with Crippen molar-refractivity contribution in [3.63, 3.8) is 0 Å². The lowest BCUT2D eigenvalue weighted by Crippen LogP contribution is -2.42. The monoisotopic (exact) mass is 454 g/mol. The summed E-state index contributed by atoms with van der Waals surface area (Å²) in [6, 6.07) is 7.30. The largest absolute Gasteiger partial charge is 0.490 e. The standard InChI is InChI=1S/C24H30N4O5/c1-2-32-20-10-3-4-11-21(20)33-17-7-6-12-28(15-17)24-25-13-16(14-26-24)22(29)27-19-9-5-8-18(19)23(30)31/h3-4,10-11,13-14,17-19H,2,5-9,12,15H2,1H3,(H,27,29)(H,30,31). The van der Waals surface area contributed by atoms with E-state index in [4.69, 9.17) is 9.47 Å². The van der Waals surface area contributed by atoms with Crippen LogP contribution >= 0.6 is 0 Å². The summed E-state index contributed by atoms with van der Waals surface area (Å²) in [7, 11) is 0. The number of carbonyl (C=O) groups is 2. The summed E-state index contributed by atoms with van der Waals surface area (Å²) < 4.78 is 11.9. The van der Waals surface area contributed by atoms with Gasteiger partial charge in [-0.2, -0.15) is 0 Å². The maximum Gasteiger partial charge on any atom is 0.308 e. The van der Waals surface area contributed by atoms with Crippen LogP contribution < -0.4 is 19.7 Å². The van der Waals surface area contributed by atoms with Gasteiger partial charge in [-0.25, -0.2) is 9.97 Å². The van der Waals surface area contributed by atoms with E-state index >= 15 is 0 Å². The fraction of sp³-hybridized carbons (Fsp3) is 0.500. The van der Waals surface area contributed by atoms with Crippen LogP contribution in [0.5, 0.6) is 11.5 Å². The molecule has 1 aliphatic carbocycles. The van der Waals surface area contributed by atoms with Crippen molar-refractivity contribution in [3.8, 4) is 11.5 Å². The summed E-state index contributed by atoms with van der Waals surface area (Å²) in [5, 5.41) is 12.1. The van der Waals surface area contributed by atoms with Crippen molar-refractivity contribution in [2.75, 3.05) is 24.6 Å². The molecule has 3 unspecified atom stereocenters. The molecule has 2 N–H and O–H groups in total. The molecule has 0 spiro atoms. The number of hydrogen-bond donors (Lipinski definition) is 2. The van der Waals surface area contributed by atoms with Gasteiger partial charge in [-0.15, -0.1) is 0 Å². The molecule has 2 heterocycles. The highest BCUT2D eigenvalue weighted by molar-refractivity contribution is 5.94. The van der Waals surface area contributed by atoms with E-state index in [0.29, 0.717) is 37.5 Å². The van der Waals surface area contributed by atoms with Crippen LogP contribution in [0.1, 0.15) is 49.4 Å². The van der Waals surface area contributed by atoms with Crippen molar-refractivity contribution in [1.82, 2.24) is 15.3 Å². The van der Waals surface area contributed by atoms with Gasteiger partial charge < -0.3 is 24.8 Å². The van der Waals surface area contributed by atoms with Crippen LogP contribution in [0.4, 0.5) is 5.95 Å². The highest BCUT2D eigenvalue weighted by Gasteiger charge is 2.34. The van der Waals surface area contributed by atoms with Gasteiger partial charge in [-0.05, 0) is 44.7 Å². The molecular weight excluding hydrogens is 424 g/mol. The predicted molar refractivity (Wildman–Crippen MR) is 122 cm³/mol. The number of piperidine rings is 1. The normalized spacial score (nSPS) is 22.6. The van der Waals surface area contributed by atoms with Crippen LogP contribution in [0.15, 0.2) is 36.7 Å². The Labute approximate surface area is 193 Å². The van der Waals surface area contributed by atoms with E-state index < -0.39 is 11.9 Å². The zero-order chi connectivity index (χ0) is 23.2. The minimum Gasteiger partial charge on any atom is -0.490 e. The second-order valence-electron chi connectivity index (χ2n) is 8.44. The number of aliphatic carboxylic acids is 1. The van der Waals surface area contributed by atoms with Crippen molar-refractivity contribution >= 4 is 17.8 Å². The number of nitrogens with one attached hydrogen (secondary N) is 1. The Morgan fingerprint density at radius 3 is 2.61 bits per heavy atom. The first-order chi connectivity index (χ1) is 16.0. The summed E-state index contributed by atoms with van der Waals surface area (Å²) in [6.45, 7) is 3.95. The number of carboxylic acids is 1. The van der Waals surface area contributed by atoms with Gasteiger partial charge in [0.15, 0.2) is 11.5 Å². The lowest BCUT2D eigenvalue weighted by atomic mass is 10.0. The average molecular weight is 455 g/mol. The molecule has 1 aliphatic heterocycles. The third-order valence-corrected chi connectivity index (χ3v) is 6.15. The molecule has 1 aromatic carbocycles. The lowest BCUT2D eigenvalue weighted by Gasteiger charge is -2.33. The third kappa shape index (κ3) is 5.53. The molecule has 9 nitrogen and oxygen atoms in total. The molecule has 4 rings (SSSR count). The number of anilines is 1. The van der Waals surface area contributed by atoms with Crippen LogP contribution in [0.2, 0.25) is 0 Å². The van der Waals surface area contributed by atoms with E-state index in [1.54, 1.807) is 0 Å². The predicted octanol–water partition coefficient (Wildman–Crippen LogP) is 2.91. The Kier molecular flexibility index (Phi) is 7.26. The van der Waals surface area contributed by atoms with Gasteiger partial charge in [0.25, 0.3) is 5.91 Å². The van der Waals surface area contributed by atoms with Crippen LogP contribution in [0, 0.1) is 5.92 Å². The van der Waals surface area contributed by atoms with Gasteiger partial charge in [0, 0.05) is 25.0 Å². The van der Waals surface area contributed by atoms with Crippen LogP contribution in [-0.2, 0) is 4.79 Å². The fourth-order valence-electron chi connectivity index (χ4n) is 4.50. The van der Waals surface area contributed by atoms with Crippen LogP contribution in [-0.4, -0.2) is 58.8 Å². The highest BCUT2D eigenvalue weighted by atomic mass is 16.5. The van der Waals surface area contributed by atoms with Gasteiger partial charge in [0.05, 0.1) is 24.6 Å². The number of benzene rings is 1. The van der Waals surface area contributed by atoms with Crippen molar-refractivity contribution in [2.24, 2.45) is 5.92 Å². The van der Waals surface area contributed by atoms with E-state index in [1.807, 2.05) is 31.2 Å². The molecule has 9 heteroatoms. The molecule has 2 aromatic rings. The first-order valence-electron chi connectivity index (χ1n) is 11.5. The highest BCUT2D eigenvalue weighted by Crippen LogP contribution is 2.30. The second-order valence-corrected chi connectivity index (χ2v) is 8.44. The molecule has 3 atom stereocenters. The van der Waals surface area contributed by atoms with Gasteiger partial charge >= 0.3 is 5.97 Å². The van der Waals surface area contributed by atoms with Gasteiger partial charge in [-0.3, -0.25) is 9.59 Å². The quantitative estimate of drug-likeness (QED) is 0.626. The zero-order valence-electron chi connectivity index (χ0n) is 18.8. The molecule has 0 bridgehead atoms. The smallest absolute Gasteiger partial charge is 0.308 e. The van der Waals surface area contributed by atoms with Crippen molar-refractivity contribution < 1.29 is 24.2 Å². The van der Waals surface area contributed by atoms with E-state index in [2.05, 4.69) is 20.2 Å². The minimum atomic E-state index is -0.866.